The zero-order valence-electron chi connectivity index (χ0n) is 9.15. The number of ether oxygens (including phenoxy) is 1. The van der Waals surface area contributed by atoms with Gasteiger partial charge in [0.05, 0.1) is 18.9 Å². The molecule has 1 aromatic heterocycles. The standard InChI is InChI=1S/C10H14ClN3OS/c1-16-10-12-8(6-9(11)13-10)7-14-2-4-15-5-3-14/h6H,2-5,7H2,1H3. The Morgan fingerprint density at radius 1 is 1.44 bits per heavy atom. The van der Waals surface area contributed by atoms with Crippen LogP contribution in [0.5, 0.6) is 0 Å². The Kier molecular flexibility index (Phi) is 4.40. The van der Waals surface area contributed by atoms with Gasteiger partial charge < -0.3 is 4.74 Å². The predicted molar refractivity (Wildman–Crippen MR) is 64.9 cm³/mol. The Morgan fingerprint density at radius 3 is 2.88 bits per heavy atom. The minimum Gasteiger partial charge on any atom is -0.379 e. The fraction of sp³-hybridized carbons (Fsp3) is 0.600. The summed E-state index contributed by atoms with van der Waals surface area (Å²) >= 11 is 7.45. The second-order valence-electron chi connectivity index (χ2n) is 3.56. The van der Waals surface area contributed by atoms with E-state index in [1.165, 1.54) is 11.8 Å². The van der Waals surface area contributed by atoms with Gasteiger partial charge in [0.25, 0.3) is 0 Å². The molecule has 1 aliphatic heterocycles. The van der Waals surface area contributed by atoms with Crippen LogP contribution in [0.4, 0.5) is 0 Å². The molecule has 1 fully saturated rings. The van der Waals surface area contributed by atoms with Gasteiger partial charge in [-0.2, -0.15) is 0 Å². The lowest BCUT2D eigenvalue weighted by molar-refractivity contribution is 0.0335. The van der Waals surface area contributed by atoms with Crippen LogP contribution in [0.1, 0.15) is 5.69 Å². The number of nitrogens with zero attached hydrogens (tertiary/aromatic N) is 3. The number of thioether (sulfide) groups is 1. The van der Waals surface area contributed by atoms with E-state index in [1.807, 2.05) is 12.3 Å². The van der Waals surface area contributed by atoms with Crippen LogP contribution in [0.25, 0.3) is 0 Å². The highest BCUT2D eigenvalue weighted by Crippen LogP contribution is 2.15. The van der Waals surface area contributed by atoms with Gasteiger partial charge in [0, 0.05) is 19.6 Å². The highest BCUT2D eigenvalue weighted by atomic mass is 35.5. The van der Waals surface area contributed by atoms with E-state index in [4.69, 9.17) is 16.3 Å². The van der Waals surface area contributed by atoms with Crippen LogP contribution < -0.4 is 0 Å². The number of halogens is 1. The van der Waals surface area contributed by atoms with E-state index >= 15 is 0 Å². The molecule has 88 valence electrons. The fourth-order valence-electron chi connectivity index (χ4n) is 1.60. The maximum absolute atomic E-state index is 5.94. The highest BCUT2D eigenvalue weighted by molar-refractivity contribution is 7.98. The molecule has 0 aromatic carbocycles. The summed E-state index contributed by atoms with van der Waals surface area (Å²) in [7, 11) is 0. The van der Waals surface area contributed by atoms with Crippen molar-refractivity contribution >= 4 is 23.4 Å². The zero-order valence-corrected chi connectivity index (χ0v) is 10.7. The molecule has 0 spiro atoms. The van der Waals surface area contributed by atoms with Crippen LogP contribution in [0.2, 0.25) is 5.15 Å². The largest absolute Gasteiger partial charge is 0.379 e. The predicted octanol–water partition coefficient (Wildman–Crippen LogP) is 1.68. The molecular weight excluding hydrogens is 246 g/mol. The first-order valence-electron chi connectivity index (χ1n) is 5.15. The summed E-state index contributed by atoms with van der Waals surface area (Å²) in [5, 5.41) is 1.25. The Labute approximate surface area is 104 Å². The first kappa shape index (κ1) is 12.1. The minimum absolute atomic E-state index is 0.516. The molecule has 0 radical (unpaired) electrons. The van der Waals surface area contributed by atoms with Crippen LogP contribution in [-0.2, 0) is 11.3 Å². The van der Waals surface area contributed by atoms with Crippen LogP contribution in [0, 0.1) is 0 Å². The van der Waals surface area contributed by atoms with E-state index in [0.717, 1.165) is 43.7 Å². The third-order valence-electron chi connectivity index (χ3n) is 2.40. The molecule has 0 unspecified atom stereocenters. The summed E-state index contributed by atoms with van der Waals surface area (Å²) in [6, 6.07) is 1.83. The average molecular weight is 260 g/mol. The van der Waals surface area contributed by atoms with Crippen LogP contribution in [0.15, 0.2) is 11.2 Å². The molecule has 2 rings (SSSR count). The molecule has 6 heteroatoms. The normalized spacial score (nSPS) is 17.6. The molecule has 1 aliphatic rings. The monoisotopic (exact) mass is 259 g/mol. The summed E-state index contributed by atoms with van der Waals surface area (Å²) in [6.07, 6.45) is 1.95. The molecule has 2 heterocycles. The fourth-order valence-corrected chi connectivity index (χ4v) is 2.26. The second kappa shape index (κ2) is 5.82. The van der Waals surface area contributed by atoms with E-state index in [-0.39, 0.29) is 0 Å². The topological polar surface area (TPSA) is 38.2 Å². The van der Waals surface area contributed by atoms with E-state index in [0.29, 0.717) is 5.15 Å². The van der Waals surface area contributed by atoms with Crippen molar-refractivity contribution < 1.29 is 4.74 Å². The number of rotatable bonds is 3. The number of hydrogen-bond donors (Lipinski definition) is 0. The average Bonchev–Trinajstić information content (AvgIpc) is 2.29. The van der Waals surface area contributed by atoms with E-state index in [1.54, 1.807) is 0 Å². The maximum Gasteiger partial charge on any atom is 0.188 e. The molecule has 1 saturated heterocycles. The maximum atomic E-state index is 5.94. The van der Waals surface area contributed by atoms with E-state index in [9.17, 15) is 0 Å². The van der Waals surface area contributed by atoms with E-state index < -0.39 is 0 Å². The number of morpholine rings is 1. The quantitative estimate of drug-likeness (QED) is 0.469. The lowest BCUT2D eigenvalue weighted by atomic mass is 10.3. The van der Waals surface area contributed by atoms with Crippen molar-refractivity contribution in [2.75, 3.05) is 32.6 Å². The minimum atomic E-state index is 0.516. The summed E-state index contributed by atoms with van der Waals surface area (Å²) in [4.78, 5) is 10.9. The summed E-state index contributed by atoms with van der Waals surface area (Å²) in [6.45, 7) is 4.33. The van der Waals surface area contributed by atoms with Gasteiger partial charge >= 0.3 is 0 Å². The van der Waals surface area contributed by atoms with Crippen molar-refractivity contribution in [3.63, 3.8) is 0 Å². The van der Waals surface area contributed by atoms with Crippen LogP contribution in [0.3, 0.4) is 0 Å². The van der Waals surface area contributed by atoms with Crippen molar-refractivity contribution in [3.8, 4) is 0 Å². The first-order valence-corrected chi connectivity index (χ1v) is 6.76. The molecule has 0 saturated carbocycles. The molecule has 0 amide bonds. The van der Waals surface area contributed by atoms with Gasteiger partial charge in [-0.1, -0.05) is 23.4 Å². The Morgan fingerprint density at radius 2 is 2.19 bits per heavy atom. The second-order valence-corrected chi connectivity index (χ2v) is 4.72. The van der Waals surface area contributed by atoms with Crippen molar-refractivity contribution in [1.29, 1.82) is 0 Å². The number of aromatic nitrogens is 2. The van der Waals surface area contributed by atoms with Crippen molar-refractivity contribution in [3.05, 3.63) is 16.9 Å². The summed E-state index contributed by atoms with van der Waals surface area (Å²) in [5.74, 6) is 0. The van der Waals surface area contributed by atoms with Crippen molar-refractivity contribution in [2.45, 2.75) is 11.7 Å². The molecule has 4 nitrogen and oxygen atoms in total. The van der Waals surface area contributed by atoms with Crippen LogP contribution in [-0.4, -0.2) is 47.4 Å². The highest BCUT2D eigenvalue weighted by Gasteiger charge is 2.12. The molecule has 0 N–H and O–H groups in total. The van der Waals surface area contributed by atoms with Gasteiger partial charge in [-0.3, -0.25) is 4.90 Å². The Balaban J connectivity index is 2.04. The van der Waals surface area contributed by atoms with Crippen molar-refractivity contribution in [2.24, 2.45) is 0 Å². The summed E-state index contributed by atoms with van der Waals surface area (Å²) in [5.41, 5.74) is 0.978. The Hall–Kier alpha value is -0.360. The van der Waals surface area contributed by atoms with Crippen LogP contribution >= 0.6 is 23.4 Å². The Bertz CT molecular complexity index is 358. The SMILES string of the molecule is CSc1nc(Cl)cc(CN2CCOCC2)n1. The van der Waals surface area contributed by atoms with Gasteiger partial charge in [-0.15, -0.1) is 0 Å². The molecule has 0 aliphatic carbocycles. The molecule has 1 aromatic rings. The zero-order chi connectivity index (χ0) is 11.4. The van der Waals surface area contributed by atoms with Gasteiger partial charge in [-0.05, 0) is 12.3 Å². The number of hydrogen-bond acceptors (Lipinski definition) is 5. The smallest absolute Gasteiger partial charge is 0.188 e. The molecule has 0 atom stereocenters. The lowest BCUT2D eigenvalue weighted by Gasteiger charge is -2.26. The molecular formula is C10H14ClN3OS. The third-order valence-corrected chi connectivity index (χ3v) is 3.14. The lowest BCUT2D eigenvalue weighted by Crippen LogP contribution is -2.35. The van der Waals surface area contributed by atoms with Crippen molar-refractivity contribution in [1.82, 2.24) is 14.9 Å². The molecule has 0 bridgehead atoms. The van der Waals surface area contributed by atoms with Gasteiger partial charge in [-0.25, -0.2) is 9.97 Å². The van der Waals surface area contributed by atoms with Gasteiger partial charge in [0.1, 0.15) is 5.15 Å². The first-order chi connectivity index (χ1) is 7.78. The van der Waals surface area contributed by atoms with Gasteiger partial charge in [0.2, 0.25) is 0 Å². The van der Waals surface area contributed by atoms with Gasteiger partial charge in [0.15, 0.2) is 5.16 Å². The van der Waals surface area contributed by atoms with E-state index in [2.05, 4.69) is 14.9 Å². The third kappa shape index (κ3) is 3.31. The summed E-state index contributed by atoms with van der Waals surface area (Å²) < 4.78 is 5.30. The molecule has 16 heavy (non-hydrogen) atoms.